The molecule has 0 radical (unpaired) electrons. The molecule has 0 spiro atoms. The molecule has 0 saturated heterocycles. The third-order valence-electron chi connectivity index (χ3n) is 3.59. The van der Waals surface area contributed by atoms with E-state index in [9.17, 15) is 4.79 Å². The van der Waals surface area contributed by atoms with Crippen molar-refractivity contribution in [3.05, 3.63) is 12.7 Å². The predicted octanol–water partition coefficient (Wildman–Crippen LogP) is 4.28. The average Bonchev–Trinajstić information content (AvgIpc) is 2.43. The molecule has 118 valence electrons. The number of carbonyl (C=O) groups is 1. The lowest BCUT2D eigenvalue weighted by Crippen LogP contribution is -2.42. The summed E-state index contributed by atoms with van der Waals surface area (Å²) in [5, 5.41) is 0. The number of quaternary nitrogens is 1. The number of rotatable bonds is 13. The number of unbranched alkanes of at least 4 members (excludes halogenated alkanes) is 8. The van der Waals surface area contributed by atoms with E-state index in [2.05, 4.69) is 27.6 Å². The number of hydrogen-bond acceptors (Lipinski definition) is 2. The third-order valence-corrected chi connectivity index (χ3v) is 3.59. The van der Waals surface area contributed by atoms with Gasteiger partial charge >= 0.3 is 5.97 Å². The van der Waals surface area contributed by atoms with Crippen molar-refractivity contribution in [2.45, 2.75) is 64.7 Å². The highest BCUT2D eigenvalue weighted by Gasteiger charge is 2.15. The highest BCUT2D eigenvalue weighted by Crippen LogP contribution is 2.11. The zero-order valence-corrected chi connectivity index (χ0v) is 13.8. The average molecular weight is 284 g/mol. The maximum Gasteiger partial charge on any atom is 0.334 e. The van der Waals surface area contributed by atoms with Gasteiger partial charge in [0, 0.05) is 6.08 Å². The maximum atomic E-state index is 11.0. The molecular weight excluding hydrogens is 250 g/mol. The Labute approximate surface area is 125 Å². The quantitative estimate of drug-likeness (QED) is 0.166. The van der Waals surface area contributed by atoms with Crippen LogP contribution in [0.25, 0.3) is 0 Å². The fourth-order valence-electron chi connectivity index (χ4n) is 2.21. The highest BCUT2D eigenvalue weighted by atomic mass is 16.5. The molecule has 0 amide bonds. The van der Waals surface area contributed by atoms with Gasteiger partial charge in [0.05, 0.1) is 20.6 Å². The van der Waals surface area contributed by atoms with Gasteiger partial charge in [0.25, 0.3) is 0 Å². The second kappa shape index (κ2) is 12.0. The number of ether oxygens (including phenoxy) is 1. The minimum Gasteiger partial charge on any atom is -0.412 e. The Balaban J connectivity index is 3.43. The van der Waals surface area contributed by atoms with Gasteiger partial charge in [-0.2, -0.15) is 0 Å². The fourth-order valence-corrected chi connectivity index (χ4v) is 2.21. The lowest BCUT2D eigenvalue weighted by molar-refractivity contribution is -0.907. The largest absolute Gasteiger partial charge is 0.412 e. The van der Waals surface area contributed by atoms with E-state index < -0.39 is 0 Å². The standard InChI is InChI=1S/C17H34NO2/c1-5-7-8-9-10-11-12-13-14-15-18(3,4)16-20-17(19)6-2/h6H,2,5,7-16H2,1,3-4H3/q+1. The van der Waals surface area contributed by atoms with Crippen LogP contribution >= 0.6 is 0 Å². The summed E-state index contributed by atoms with van der Waals surface area (Å²) in [4.78, 5) is 11.0. The monoisotopic (exact) mass is 284 g/mol. The van der Waals surface area contributed by atoms with Gasteiger partial charge in [0.15, 0.2) is 0 Å². The summed E-state index contributed by atoms with van der Waals surface area (Å²) in [7, 11) is 4.20. The van der Waals surface area contributed by atoms with Crippen LogP contribution in [0, 0.1) is 0 Å². The molecule has 0 aliphatic rings. The normalized spacial score (nSPS) is 11.3. The Kier molecular flexibility index (Phi) is 11.5. The first kappa shape index (κ1) is 19.2. The Hall–Kier alpha value is -0.830. The molecular formula is C17H34NO2+. The molecule has 20 heavy (non-hydrogen) atoms. The lowest BCUT2D eigenvalue weighted by atomic mass is 10.1. The van der Waals surface area contributed by atoms with Crippen LogP contribution in [0.3, 0.4) is 0 Å². The van der Waals surface area contributed by atoms with Crippen LogP contribution < -0.4 is 0 Å². The maximum absolute atomic E-state index is 11.0. The van der Waals surface area contributed by atoms with Crippen molar-refractivity contribution in [1.82, 2.24) is 0 Å². The third kappa shape index (κ3) is 12.2. The van der Waals surface area contributed by atoms with Crippen molar-refractivity contribution in [1.29, 1.82) is 0 Å². The van der Waals surface area contributed by atoms with E-state index in [1.165, 1.54) is 63.9 Å². The zero-order chi connectivity index (χ0) is 15.3. The van der Waals surface area contributed by atoms with E-state index >= 15 is 0 Å². The Morgan fingerprint density at radius 3 is 2.00 bits per heavy atom. The molecule has 3 nitrogen and oxygen atoms in total. The molecule has 0 saturated carbocycles. The summed E-state index contributed by atoms with van der Waals surface area (Å²) in [6.07, 6.45) is 13.3. The minimum atomic E-state index is -0.330. The van der Waals surface area contributed by atoms with Crippen molar-refractivity contribution >= 4 is 5.97 Å². The molecule has 0 aliphatic heterocycles. The number of hydrogen-bond donors (Lipinski definition) is 0. The van der Waals surface area contributed by atoms with Crippen molar-refractivity contribution in [3.63, 3.8) is 0 Å². The van der Waals surface area contributed by atoms with Crippen molar-refractivity contribution in [3.8, 4) is 0 Å². The topological polar surface area (TPSA) is 26.3 Å². The van der Waals surface area contributed by atoms with Gasteiger partial charge in [-0.15, -0.1) is 0 Å². The minimum absolute atomic E-state index is 0.330. The van der Waals surface area contributed by atoms with E-state index in [0.717, 1.165) is 11.0 Å². The molecule has 0 aromatic heterocycles. The number of nitrogens with zero attached hydrogens (tertiary/aromatic N) is 1. The van der Waals surface area contributed by atoms with E-state index in [-0.39, 0.29) is 5.97 Å². The molecule has 0 N–H and O–H groups in total. The summed E-state index contributed by atoms with van der Waals surface area (Å²) < 4.78 is 5.84. The molecule has 0 bridgehead atoms. The molecule has 0 fully saturated rings. The van der Waals surface area contributed by atoms with E-state index in [4.69, 9.17) is 4.74 Å². The second-order valence-electron chi connectivity index (χ2n) is 6.28. The number of esters is 1. The van der Waals surface area contributed by atoms with E-state index in [0.29, 0.717) is 6.73 Å². The first-order chi connectivity index (χ1) is 9.52. The van der Waals surface area contributed by atoms with Crippen LogP contribution in [0.2, 0.25) is 0 Å². The summed E-state index contributed by atoms with van der Waals surface area (Å²) in [6.45, 7) is 7.15. The predicted molar refractivity (Wildman–Crippen MR) is 85.4 cm³/mol. The van der Waals surface area contributed by atoms with Crippen LogP contribution in [0.15, 0.2) is 12.7 Å². The van der Waals surface area contributed by atoms with Gasteiger partial charge in [0.1, 0.15) is 0 Å². The van der Waals surface area contributed by atoms with Crippen LogP contribution in [0.4, 0.5) is 0 Å². The summed E-state index contributed by atoms with van der Waals surface area (Å²) in [5.41, 5.74) is 0. The summed E-state index contributed by atoms with van der Waals surface area (Å²) in [6, 6.07) is 0. The van der Waals surface area contributed by atoms with Gasteiger partial charge in [-0.3, -0.25) is 4.48 Å². The van der Waals surface area contributed by atoms with Gasteiger partial charge < -0.3 is 4.74 Å². The molecule has 0 rings (SSSR count). The van der Waals surface area contributed by atoms with E-state index in [1.807, 2.05) is 0 Å². The molecule has 0 heterocycles. The zero-order valence-electron chi connectivity index (χ0n) is 13.8. The van der Waals surface area contributed by atoms with Crippen LogP contribution in [0.1, 0.15) is 64.7 Å². The Morgan fingerprint density at radius 2 is 1.50 bits per heavy atom. The molecule has 0 aliphatic carbocycles. The number of carbonyl (C=O) groups excluding carboxylic acids is 1. The second-order valence-corrected chi connectivity index (χ2v) is 6.28. The highest BCUT2D eigenvalue weighted by molar-refractivity contribution is 5.81. The Morgan fingerprint density at radius 1 is 1.00 bits per heavy atom. The van der Waals surface area contributed by atoms with E-state index in [1.54, 1.807) is 0 Å². The lowest BCUT2D eigenvalue weighted by Gasteiger charge is -2.28. The molecule has 0 atom stereocenters. The first-order valence-electron chi connectivity index (χ1n) is 8.13. The summed E-state index contributed by atoms with van der Waals surface area (Å²) in [5.74, 6) is -0.330. The Bertz CT molecular complexity index is 262. The molecule has 0 aromatic carbocycles. The van der Waals surface area contributed by atoms with Crippen molar-refractivity contribution < 1.29 is 14.0 Å². The molecule has 0 aromatic rings. The van der Waals surface area contributed by atoms with Gasteiger partial charge in [-0.1, -0.05) is 58.4 Å². The molecule has 3 heteroatoms. The van der Waals surface area contributed by atoms with Crippen LogP contribution in [-0.2, 0) is 9.53 Å². The first-order valence-corrected chi connectivity index (χ1v) is 8.13. The molecule has 0 unspecified atom stereocenters. The van der Waals surface area contributed by atoms with Gasteiger partial charge in [-0.25, -0.2) is 4.79 Å². The van der Waals surface area contributed by atoms with Crippen molar-refractivity contribution in [2.75, 3.05) is 27.4 Å². The van der Waals surface area contributed by atoms with Crippen LogP contribution in [0.5, 0.6) is 0 Å². The SMILES string of the molecule is C=CC(=O)OC[N+](C)(C)CCCCCCCCCCC. The van der Waals surface area contributed by atoms with Crippen LogP contribution in [-0.4, -0.2) is 37.8 Å². The van der Waals surface area contributed by atoms with Gasteiger partial charge in [-0.05, 0) is 12.8 Å². The fraction of sp³-hybridized carbons (Fsp3) is 0.824. The van der Waals surface area contributed by atoms with Crippen molar-refractivity contribution in [2.24, 2.45) is 0 Å². The summed E-state index contributed by atoms with van der Waals surface area (Å²) >= 11 is 0. The smallest absolute Gasteiger partial charge is 0.334 e. The van der Waals surface area contributed by atoms with Gasteiger partial charge in [0.2, 0.25) is 6.73 Å².